The number of carbonyl (C=O) groups excluding carboxylic acids is 2. The SMILES string of the molecule is CCCCCCCCCCCCCCCCCCCCCCCCC(=O)NCCOP(=O)(O)OCC(O)COC(=O)CCCCCCCCCCC. The van der Waals surface area contributed by atoms with Gasteiger partial charge in [-0.2, -0.15) is 0 Å². The van der Waals surface area contributed by atoms with Gasteiger partial charge in [-0.05, 0) is 12.8 Å². The molecule has 0 spiro atoms. The zero-order valence-electron chi connectivity index (χ0n) is 34.0. The van der Waals surface area contributed by atoms with Gasteiger partial charge in [-0.3, -0.25) is 18.6 Å². The average Bonchev–Trinajstić information content (AvgIpc) is 3.13. The number of aliphatic hydroxyl groups excluding tert-OH is 1. The predicted molar refractivity (Wildman–Crippen MR) is 215 cm³/mol. The third kappa shape index (κ3) is 40.2. The highest BCUT2D eigenvalue weighted by Gasteiger charge is 2.23. The second kappa shape index (κ2) is 39.7. The molecule has 0 saturated carbocycles. The number of ether oxygens (including phenoxy) is 1. The number of hydrogen-bond acceptors (Lipinski definition) is 7. The van der Waals surface area contributed by atoms with Crippen LogP contribution in [0.3, 0.4) is 0 Å². The van der Waals surface area contributed by atoms with Crippen LogP contribution in [0.25, 0.3) is 0 Å². The minimum Gasteiger partial charge on any atom is -0.463 e. The molecule has 0 bridgehead atoms. The second-order valence-corrected chi connectivity index (χ2v) is 16.5. The van der Waals surface area contributed by atoms with Crippen molar-refractivity contribution in [3.63, 3.8) is 0 Å². The highest BCUT2D eigenvalue weighted by atomic mass is 31.2. The van der Waals surface area contributed by atoms with Gasteiger partial charge in [0.25, 0.3) is 0 Å². The molecule has 2 atom stereocenters. The lowest BCUT2D eigenvalue weighted by molar-refractivity contribution is -0.147. The van der Waals surface area contributed by atoms with Crippen molar-refractivity contribution in [1.29, 1.82) is 0 Å². The maximum atomic E-state index is 12.1. The van der Waals surface area contributed by atoms with Crippen LogP contribution in [0.4, 0.5) is 0 Å². The molecule has 0 rings (SSSR count). The van der Waals surface area contributed by atoms with E-state index in [1.807, 2.05) is 0 Å². The maximum Gasteiger partial charge on any atom is 0.472 e. The van der Waals surface area contributed by atoms with E-state index in [0.717, 1.165) is 38.5 Å². The molecule has 0 aliphatic heterocycles. The van der Waals surface area contributed by atoms with Crippen LogP contribution in [0, 0.1) is 0 Å². The smallest absolute Gasteiger partial charge is 0.463 e. The highest BCUT2D eigenvalue weighted by Crippen LogP contribution is 2.42. The Morgan fingerprint density at radius 1 is 0.519 bits per heavy atom. The van der Waals surface area contributed by atoms with Crippen molar-refractivity contribution >= 4 is 19.7 Å². The molecule has 0 fully saturated rings. The molecule has 0 aromatic carbocycles. The summed E-state index contributed by atoms with van der Waals surface area (Å²) in [7, 11) is -4.40. The molecule has 9 nitrogen and oxygen atoms in total. The van der Waals surface area contributed by atoms with Crippen molar-refractivity contribution in [2.24, 2.45) is 0 Å². The van der Waals surface area contributed by atoms with Crippen molar-refractivity contribution in [3.05, 3.63) is 0 Å². The fourth-order valence-electron chi connectivity index (χ4n) is 6.44. The Morgan fingerprint density at radius 2 is 0.865 bits per heavy atom. The quantitative estimate of drug-likeness (QED) is 0.0318. The Hall–Kier alpha value is -0.990. The minimum atomic E-state index is -4.40. The first-order valence-corrected chi connectivity index (χ1v) is 23.5. The summed E-state index contributed by atoms with van der Waals surface area (Å²) < 4.78 is 26.8. The van der Waals surface area contributed by atoms with E-state index in [1.165, 1.54) is 161 Å². The van der Waals surface area contributed by atoms with Crippen LogP contribution in [0.2, 0.25) is 0 Å². The fourth-order valence-corrected chi connectivity index (χ4v) is 7.20. The van der Waals surface area contributed by atoms with Gasteiger partial charge >= 0.3 is 13.8 Å². The van der Waals surface area contributed by atoms with Gasteiger partial charge in [0.05, 0.1) is 13.2 Å². The van der Waals surface area contributed by atoms with Crippen molar-refractivity contribution in [2.75, 3.05) is 26.4 Å². The van der Waals surface area contributed by atoms with E-state index in [4.69, 9.17) is 13.8 Å². The molecule has 3 N–H and O–H groups in total. The molecule has 0 aromatic rings. The third-order valence-electron chi connectivity index (χ3n) is 9.79. The lowest BCUT2D eigenvalue weighted by Crippen LogP contribution is -2.27. The van der Waals surface area contributed by atoms with E-state index in [1.54, 1.807) is 0 Å². The molecule has 310 valence electrons. The Labute approximate surface area is 320 Å². The number of hydrogen-bond donors (Lipinski definition) is 3. The molecule has 52 heavy (non-hydrogen) atoms. The van der Waals surface area contributed by atoms with E-state index < -0.39 is 26.5 Å². The van der Waals surface area contributed by atoms with Crippen LogP contribution in [0.1, 0.15) is 226 Å². The number of amides is 1. The number of unbranched alkanes of at least 4 members (excludes halogenated alkanes) is 29. The number of carbonyl (C=O) groups is 2. The molecule has 1 amide bonds. The molecule has 10 heteroatoms. The third-order valence-corrected chi connectivity index (χ3v) is 10.8. The Kier molecular flexibility index (Phi) is 38.9. The average molecular weight is 762 g/mol. The van der Waals surface area contributed by atoms with Crippen LogP contribution in [0.15, 0.2) is 0 Å². The molecular weight excluding hydrogens is 677 g/mol. The first-order valence-electron chi connectivity index (χ1n) is 22.0. The number of esters is 1. The summed E-state index contributed by atoms with van der Waals surface area (Å²) in [6.45, 7) is 3.56. The topological polar surface area (TPSA) is 131 Å². The normalized spacial score (nSPS) is 13.2. The lowest BCUT2D eigenvalue weighted by Gasteiger charge is -2.15. The predicted octanol–water partition coefficient (Wildman–Crippen LogP) is 12.1. The van der Waals surface area contributed by atoms with Crippen molar-refractivity contribution in [1.82, 2.24) is 5.32 Å². The van der Waals surface area contributed by atoms with E-state index in [0.29, 0.717) is 6.42 Å². The molecular formula is C42H84NO8P. The Morgan fingerprint density at radius 3 is 1.25 bits per heavy atom. The minimum absolute atomic E-state index is 0.0884. The maximum absolute atomic E-state index is 12.1. The largest absolute Gasteiger partial charge is 0.472 e. The van der Waals surface area contributed by atoms with Gasteiger partial charge in [-0.25, -0.2) is 4.57 Å². The number of rotatable bonds is 42. The zero-order valence-corrected chi connectivity index (χ0v) is 34.9. The fraction of sp³-hybridized carbons (Fsp3) is 0.952. The first kappa shape index (κ1) is 51.0. The summed E-state index contributed by atoms with van der Waals surface area (Å²) in [4.78, 5) is 33.8. The van der Waals surface area contributed by atoms with Crippen molar-refractivity contribution in [3.8, 4) is 0 Å². The van der Waals surface area contributed by atoms with Gasteiger partial charge in [0.2, 0.25) is 5.91 Å². The number of nitrogens with one attached hydrogen (secondary N) is 1. The van der Waals surface area contributed by atoms with Crippen LogP contribution in [-0.4, -0.2) is 54.3 Å². The first-order chi connectivity index (χ1) is 25.3. The second-order valence-electron chi connectivity index (χ2n) is 15.0. The summed E-state index contributed by atoms with van der Waals surface area (Å²) in [5, 5.41) is 12.6. The van der Waals surface area contributed by atoms with E-state index >= 15 is 0 Å². The van der Waals surface area contributed by atoms with E-state index in [9.17, 15) is 24.2 Å². The summed E-state index contributed by atoms with van der Waals surface area (Å²) in [5.41, 5.74) is 0. The van der Waals surface area contributed by atoms with Gasteiger partial charge < -0.3 is 20.1 Å². The van der Waals surface area contributed by atoms with E-state index in [-0.39, 0.29) is 32.1 Å². The molecule has 0 aliphatic rings. The van der Waals surface area contributed by atoms with Gasteiger partial charge in [-0.15, -0.1) is 0 Å². The zero-order chi connectivity index (χ0) is 38.2. The summed E-state index contributed by atoms with van der Waals surface area (Å²) >= 11 is 0. The molecule has 0 aliphatic carbocycles. The van der Waals surface area contributed by atoms with Crippen LogP contribution >= 0.6 is 7.82 Å². The molecule has 0 saturated heterocycles. The number of phosphoric acid groups is 1. The Balaban J connectivity index is 3.49. The Bertz CT molecular complexity index is 830. The molecule has 0 aromatic heterocycles. The molecule has 0 radical (unpaired) electrons. The monoisotopic (exact) mass is 762 g/mol. The van der Waals surface area contributed by atoms with Crippen LogP contribution in [-0.2, 0) is 27.9 Å². The summed E-state index contributed by atoms with van der Waals surface area (Å²) in [6, 6.07) is 0. The van der Waals surface area contributed by atoms with Crippen molar-refractivity contribution < 1.29 is 37.9 Å². The van der Waals surface area contributed by atoms with Gasteiger partial charge in [0, 0.05) is 19.4 Å². The standard InChI is InChI=1S/C42H84NO8P/c1-3-5-7-9-11-13-14-15-16-17-18-19-20-21-22-23-24-25-27-28-30-32-34-41(45)43-36-37-50-52(47,48)51-39-40(44)38-49-42(46)35-33-31-29-26-12-10-8-6-4-2/h40,44H,3-39H2,1-2H3,(H,43,45)(H,47,48). The summed E-state index contributed by atoms with van der Waals surface area (Å²) in [5.74, 6) is -0.507. The highest BCUT2D eigenvalue weighted by molar-refractivity contribution is 7.47. The molecule has 2 unspecified atom stereocenters. The van der Waals surface area contributed by atoms with Gasteiger partial charge in [-0.1, -0.05) is 200 Å². The lowest BCUT2D eigenvalue weighted by atomic mass is 10.0. The molecule has 0 heterocycles. The van der Waals surface area contributed by atoms with Crippen LogP contribution < -0.4 is 5.32 Å². The van der Waals surface area contributed by atoms with Crippen molar-refractivity contribution in [2.45, 2.75) is 232 Å². The van der Waals surface area contributed by atoms with Gasteiger partial charge in [0.1, 0.15) is 12.7 Å². The number of aliphatic hydroxyl groups is 1. The number of phosphoric ester groups is 1. The van der Waals surface area contributed by atoms with E-state index in [2.05, 4.69) is 19.2 Å². The van der Waals surface area contributed by atoms with Crippen LogP contribution in [0.5, 0.6) is 0 Å². The van der Waals surface area contributed by atoms with Gasteiger partial charge in [0.15, 0.2) is 0 Å². The summed E-state index contributed by atoms with van der Waals surface area (Å²) in [6.07, 6.45) is 39.1.